The van der Waals surface area contributed by atoms with E-state index in [-0.39, 0.29) is 17.0 Å². The van der Waals surface area contributed by atoms with Crippen molar-refractivity contribution in [2.24, 2.45) is 0 Å². The molecule has 1 fully saturated rings. The first-order chi connectivity index (χ1) is 10.3. The van der Waals surface area contributed by atoms with E-state index in [1.54, 1.807) is 24.5 Å². The van der Waals surface area contributed by atoms with Crippen LogP contribution in [0.5, 0.6) is 0 Å². The topological polar surface area (TPSA) is 91.7 Å². The van der Waals surface area contributed by atoms with Crippen molar-refractivity contribution in [3.05, 3.63) is 46.1 Å². The van der Waals surface area contributed by atoms with Gasteiger partial charge >= 0.3 is 0 Å². The SMILES string of the molecule is N#Cc1c(C2CCOCC2)nc(-c2ccncc2)[nH]c1=O. The molecule has 1 N–H and O–H groups in total. The highest BCUT2D eigenvalue weighted by Gasteiger charge is 2.23. The molecule has 3 rings (SSSR count). The van der Waals surface area contributed by atoms with E-state index >= 15 is 0 Å². The molecule has 0 aliphatic carbocycles. The van der Waals surface area contributed by atoms with Crippen molar-refractivity contribution in [1.29, 1.82) is 5.26 Å². The molecule has 1 aliphatic rings. The molecule has 0 spiro atoms. The van der Waals surface area contributed by atoms with Crippen LogP contribution in [0.3, 0.4) is 0 Å². The molecule has 0 aromatic carbocycles. The second-order valence-corrected chi connectivity index (χ2v) is 4.91. The van der Waals surface area contributed by atoms with Gasteiger partial charge in [0.15, 0.2) is 0 Å². The van der Waals surface area contributed by atoms with E-state index in [9.17, 15) is 10.1 Å². The van der Waals surface area contributed by atoms with E-state index in [0.29, 0.717) is 24.7 Å². The predicted octanol–water partition coefficient (Wildman–Crippen LogP) is 1.60. The smallest absolute Gasteiger partial charge is 0.269 e. The summed E-state index contributed by atoms with van der Waals surface area (Å²) in [5.41, 5.74) is 1.08. The van der Waals surface area contributed by atoms with Crippen molar-refractivity contribution in [3.8, 4) is 17.5 Å². The second kappa shape index (κ2) is 5.85. The van der Waals surface area contributed by atoms with Gasteiger partial charge in [-0.15, -0.1) is 0 Å². The van der Waals surface area contributed by atoms with Crippen molar-refractivity contribution in [1.82, 2.24) is 15.0 Å². The number of nitriles is 1. The molecular weight excluding hydrogens is 268 g/mol. The lowest BCUT2D eigenvalue weighted by Gasteiger charge is -2.22. The van der Waals surface area contributed by atoms with Crippen molar-refractivity contribution in [3.63, 3.8) is 0 Å². The molecule has 0 unspecified atom stereocenters. The number of hydrogen-bond donors (Lipinski definition) is 1. The van der Waals surface area contributed by atoms with Gasteiger partial charge in [0, 0.05) is 37.1 Å². The number of ether oxygens (including phenoxy) is 1. The Balaban J connectivity index is 2.11. The summed E-state index contributed by atoms with van der Waals surface area (Å²) in [7, 11) is 0. The standard InChI is InChI=1S/C15H14N4O2/c16-9-12-13(10-3-7-21-8-4-10)18-14(19-15(12)20)11-1-5-17-6-2-11/h1-2,5-6,10H,3-4,7-8H2,(H,18,19,20). The monoisotopic (exact) mass is 282 g/mol. The number of nitrogens with one attached hydrogen (secondary N) is 1. The number of H-pyrrole nitrogens is 1. The minimum Gasteiger partial charge on any atom is -0.381 e. The molecule has 0 saturated carbocycles. The molecular formula is C15H14N4O2. The Morgan fingerprint density at radius 2 is 2.00 bits per heavy atom. The van der Waals surface area contributed by atoms with Gasteiger partial charge < -0.3 is 9.72 Å². The van der Waals surface area contributed by atoms with E-state index in [0.717, 1.165) is 18.4 Å². The number of hydrogen-bond acceptors (Lipinski definition) is 5. The van der Waals surface area contributed by atoms with Crippen LogP contribution < -0.4 is 5.56 Å². The molecule has 0 bridgehead atoms. The molecule has 0 atom stereocenters. The maximum absolute atomic E-state index is 12.1. The van der Waals surface area contributed by atoms with Crippen LogP contribution in [0.25, 0.3) is 11.4 Å². The first-order valence-corrected chi connectivity index (χ1v) is 6.82. The molecule has 2 aromatic heterocycles. The van der Waals surface area contributed by atoms with Crippen LogP contribution in [0.2, 0.25) is 0 Å². The number of aromatic nitrogens is 3. The summed E-state index contributed by atoms with van der Waals surface area (Å²) < 4.78 is 5.33. The van der Waals surface area contributed by atoms with Crippen molar-refractivity contribution in [2.75, 3.05) is 13.2 Å². The minimum atomic E-state index is -0.388. The van der Waals surface area contributed by atoms with Crippen LogP contribution in [0.4, 0.5) is 0 Å². The summed E-state index contributed by atoms with van der Waals surface area (Å²) in [6.45, 7) is 1.27. The number of rotatable bonds is 2. The summed E-state index contributed by atoms with van der Waals surface area (Å²) in [6.07, 6.45) is 4.84. The minimum absolute atomic E-state index is 0.0938. The van der Waals surface area contributed by atoms with Gasteiger partial charge in [0.05, 0.1) is 5.69 Å². The average Bonchev–Trinajstić information content (AvgIpc) is 2.55. The van der Waals surface area contributed by atoms with Crippen LogP contribution in [0.15, 0.2) is 29.3 Å². The van der Waals surface area contributed by atoms with E-state index in [1.165, 1.54) is 0 Å². The molecule has 6 heteroatoms. The average molecular weight is 282 g/mol. The summed E-state index contributed by atoms with van der Waals surface area (Å²) in [6, 6.07) is 5.53. The van der Waals surface area contributed by atoms with E-state index in [4.69, 9.17) is 4.74 Å². The zero-order chi connectivity index (χ0) is 14.7. The lowest BCUT2D eigenvalue weighted by atomic mass is 9.93. The summed E-state index contributed by atoms with van der Waals surface area (Å²) in [4.78, 5) is 23.3. The fourth-order valence-electron chi connectivity index (χ4n) is 2.51. The fraction of sp³-hybridized carbons (Fsp3) is 0.333. The summed E-state index contributed by atoms with van der Waals surface area (Å²) in [5.74, 6) is 0.569. The van der Waals surface area contributed by atoms with Crippen molar-refractivity contribution in [2.45, 2.75) is 18.8 Å². The third-order valence-electron chi connectivity index (χ3n) is 3.62. The maximum atomic E-state index is 12.1. The van der Waals surface area contributed by atoms with Crippen LogP contribution in [-0.4, -0.2) is 28.2 Å². The van der Waals surface area contributed by atoms with Gasteiger partial charge in [-0.2, -0.15) is 5.26 Å². The molecule has 1 saturated heterocycles. The Morgan fingerprint density at radius 1 is 1.29 bits per heavy atom. The Morgan fingerprint density at radius 3 is 2.67 bits per heavy atom. The maximum Gasteiger partial charge on any atom is 0.269 e. The van der Waals surface area contributed by atoms with Gasteiger partial charge in [-0.1, -0.05) is 0 Å². The van der Waals surface area contributed by atoms with Crippen LogP contribution in [-0.2, 0) is 4.74 Å². The lowest BCUT2D eigenvalue weighted by Crippen LogP contribution is -2.22. The molecule has 2 aromatic rings. The van der Waals surface area contributed by atoms with E-state index in [2.05, 4.69) is 15.0 Å². The van der Waals surface area contributed by atoms with Gasteiger partial charge in [0.2, 0.25) is 0 Å². The normalized spacial score (nSPS) is 15.6. The zero-order valence-corrected chi connectivity index (χ0v) is 11.4. The molecule has 0 radical (unpaired) electrons. The Kier molecular flexibility index (Phi) is 3.75. The van der Waals surface area contributed by atoms with Gasteiger partial charge in [-0.25, -0.2) is 4.98 Å². The molecule has 21 heavy (non-hydrogen) atoms. The molecule has 106 valence electrons. The highest BCUT2D eigenvalue weighted by atomic mass is 16.5. The Bertz CT molecular complexity index is 728. The zero-order valence-electron chi connectivity index (χ0n) is 11.4. The van der Waals surface area contributed by atoms with Gasteiger partial charge in [0.1, 0.15) is 17.5 Å². The van der Waals surface area contributed by atoms with Crippen LogP contribution in [0.1, 0.15) is 30.0 Å². The molecule has 6 nitrogen and oxygen atoms in total. The van der Waals surface area contributed by atoms with Crippen LogP contribution >= 0.6 is 0 Å². The summed E-state index contributed by atoms with van der Waals surface area (Å²) >= 11 is 0. The Hall–Kier alpha value is -2.52. The highest BCUT2D eigenvalue weighted by Crippen LogP contribution is 2.27. The highest BCUT2D eigenvalue weighted by molar-refractivity contribution is 5.54. The molecule has 1 aliphatic heterocycles. The first kappa shape index (κ1) is 13.5. The first-order valence-electron chi connectivity index (χ1n) is 6.82. The Labute approximate surface area is 121 Å². The lowest BCUT2D eigenvalue weighted by molar-refractivity contribution is 0.0844. The predicted molar refractivity (Wildman–Crippen MR) is 75.6 cm³/mol. The van der Waals surface area contributed by atoms with Crippen molar-refractivity contribution >= 4 is 0 Å². The van der Waals surface area contributed by atoms with Gasteiger partial charge in [-0.3, -0.25) is 9.78 Å². The fourth-order valence-corrected chi connectivity index (χ4v) is 2.51. The summed E-state index contributed by atoms with van der Waals surface area (Å²) in [5, 5.41) is 9.24. The molecule has 0 amide bonds. The number of pyridine rings is 1. The van der Waals surface area contributed by atoms with E-state index in [1.807, 2.05) is 6.07 Å². The second-order valence-electron chi connectivity index (χ2n) is 4.91. The third-order valence-corrected chi connectivity index (χ3v) is 3.62. The van der Waals surface area contributed by atoms with E-state index < -0.39 is 0 Å². The quantitative estimate of drug-likeness (QED) is 0.903. The largest absolute Gasteiger partial charge is 0.381 e. The van der Waals surface area contributed by atoms with Gasteiger partial charge in [0.25, 0.3) is 5.56 Å². The third kappa shape index (κ3) is 2.69. The van der Waals surface area contributed by atoms with Gasteiger partial charge in [-0.05, 0) is 25.0 Å². The van der Waals surface area contributed by atoms with Crippen LogP contribution in [0, 0.1) is 11.3 Å². The molecule has 3 heterocycles. The van der Waals surface area contributed by atoms with Crippen molar-refractivity contribution < 1.29 is 4.74 Å². The number of nitrogens with zero attached hydrogens (tertiary/aromatic N) is 3. The number of aromatic amines is 1.